The molecule has 10 heavy (non-hydrogen) atoms. The number of hydrogen-bond donors (Lipinski definition) is 0. The van der Waals surface area contributed by atoms with Crippen LogP contribution in [0, 0.1) is 5.92 Å². The predicted octanol–water partition coefficient (Wildman–Crippen LogP) is 3.65. The zero-order valence-electron chi connectivity index (χ0n) is 6.06. The second-order valence-corrected chi connectivity index (χ2v) is 3.32. The van der Waals surface area contributed by atoms with Crippen LogP contribution in [0.15, 0.2) is 14.8 Å². The van der Waals surface area contributed by atoms with E-state index in [1.807, 2.05) is 13.1 Å². The third-order valence-corrected chi connectivity index (χ3v) is 2.42. The van der Waals surface area contributed by atoms with E-state index in [9.17, 15) is 0 Å². The summed E-state index contributed by atoms with van der Waals surface area (Å²) in [7, 11) is 0. The monoisotopic (exact) mass is 253 g/mol. The Balaban J connectivity index is 0. The molecule has 0 unspecified atom stereocenters. The summed E-state index contributed by atoms with van der Waals surface area (Å²) in [5.74, 6) is 0.606. The second kappa shape index (κ2) is 7.25. The minimum Gasteiger partial charge on any atom is -0.269 e. The van der Waals surface area contributed by atoms with Gasteiger partial charge in [0.2, 0.25) is 0 Å². The van der Waals surface area contributed by atoms with Crippen molar-refractivity contribution in [1.82, 2.24) is 0 Å². The lowest BCUT2D eigenvalue weighted by Gasteiger charge is -1.98. The van der Waals surface area contributed by atoms with Crippen molar-refractivity contribution >= 4 is 28.8 Å². The van der Waals surface area contributed by atoms with Crippen LogP contribution in [0.3, 0.4) is 0 Å². The van der Waals surface area contributed by atoms with Gasteiger partial charge in [0, 0.05) is 16.0 Å². The first-order valence-corrected chi connectivity index (χ1v) is 4.09. The van der Waals surface area contributed by atoms with E-state index >= 15 is 0 Å². The Morgan fingerprint density at radius 3 is 2.30 bits per heavy atom. The molecule has 0 aliphatic heterocycles. The van der Waals surface area contributed by atoms with Gasteiger partial charge in [-0.2, -0.15) is 0 Å². The van der Waals surface area contributed by atoms with Crippen LogP contribution in [-0.4, -0.2) is 6.21 Å². The van der Waals surface area contributed by atoms with Crippen LogP contribution in [0.4, 0.5) is 0 Å². The van der Waals surface area contributed by atoms with Gasteiger partial charge in [-0.25, -0.2) is 0 Å². The maximum atomic E-state index is 4.00. The summed E-state index contributed by atoms with van der Waals surface area (Å²) in [5.41, 5.74) is 0. The summed E-state index contributed by atoms with van der Waals surface area (Å²) >= 11 is 2.30. The molecular formula is C8H16IN. The third-order valence-electron chi connectivity index (χ3n) is 0.898. The van der Waals surface area contributed by atoms with Gasteiger partial charge >= 0.3 is 0 Å². The fourth-order valence-electron chi connectivity index (χ4n) is 0.295. The minimum atomic E-state index is 0. The molecule has 0 aromatic rings. The molecule has 0 saturated heterocycles. The molecule has 2 heteroatoms. The smallest absolute Gasteiger partial charge is 0.0359 e. The number of aliphatic imine (C=N–C) groups is 1. The highest BCUT2D eigenvalue weighted by Gasteiger charge is 1.94. The highest BCUT2D eigenvalue weighted by atomic mass is 127. The van der Waals surface area contributed by atoms with Crippen molar-refractivity contribution in [1.29, 1.82) is 0 Å². The number of halogens is 1. The van der Waals surface area contributed by atoms with Gasteiger partial charge in [-0.05, 0) is 35.4 Å². The van der Waals surface area contributed by atoms with Gasteiger partial charge in [0.05, 0.1) is 0 Å². The van der Waals surface area contributed by atoms with Crippen molar-refractivity contribution in [3.05, 3.63) is 9.78 Å². The number of rotatable bonds is 2. The lowest BCUT2D eigenvalue weighted by molar-refractivity contribution is 0.822. The normalized spacial score (nSPS) is 12.3. The van der Waals surface area contributed by atoms with E-state index in [2.05, 4.69) is 41.4 Å². The van der Waals surface area contributed by atoms with Crippen LogP contribution in [-0.2, 0) is 0 Å². The summed E-state index contributed by atoms with van der Waals surface area (Å²) in [5, 5.41) is 0. The van der Waals surface area contributed by atoms with E-state index in [4.69, 9.17) is 0 Å². The lowest BCUT2D eigenvalue weighted by atomic mass is 10.2. The van der Waals surface area contributed by atoms with Crippen LogP contribution in [0.2, 0.25) is 0 Å². The second-order valence-electron chi connectivity index (χ2n) is 2.08. The zero-order chi connectivity index (χ0) is 7.28. The lowest BCUT2D eigenvalue weighted by Crippen LogP contribution is -1.82. The molecule has 0 aliphatic rings. The molecule has 0 bridgehead atoms. The summed E-state index contributed by atoms with van der Waals surface area (Å²) in [4.78, 5) is 4.00. The zero-order valence-corrected chi connectivity index (χ0v) is 8.21. The van der Waals surface area contributed by atoms with Gasteiger partial charge in [0.1, 0.15) is 0 Å². The Kier molecular flexibility index (Phi) is 9.27. The fraction of sp³-hybridized carbons (Fsp3) is 0.625. The Hall–Kier alpha value is 0.140. The molecule has 1 nitrogen and oxygen atoms in total. The summed E-state index contributed by atoms with van der Waals surface area (Å²) in [6.07, 6.45) is 3.69. The van der Waals surface area contributed by atoms with Crippen LogP contribution in [0.25, 0.3) is 0 Å². The van der Waals surface area contributed by atoms with Crippen molar-refractivity contribution in [3.63, 3.8) is 0 Å². The first-order chi connectivity index (χ1) is 4.18. The predicted molar refractivity (Wildman–Crippen MR) is 57.8 cm³/mol. The van der Waals surface area contributed by atoms with Crippen LogP contribution >= 0.6 is 22.6 Å². The van der Waals surface area contributed by atoms with E-state index in [0.717, 1.165) is 0 Å². The minimum absolute atomic E-state index is 0. The molecule has 0 atom stereocenters. The van der Waals surface area contributed by atoms with Gasteiger partial charge in [-0.3, -0.25) is 4.99 Å². The largest absolute Gasteiger partial charge is 0.269 e. The van der Waals surface area contributed by atoms with Gasteiger partial charge in [-0.1, -0.05) is 21.3 Å². The Bertz CT molecular complexity index is 125. The molecule has 60 valence electrons. The molecule has 0 heterocycles. The van der Waals surface area contributed by atoms with E-state index in [0.29, 0.717) is 5.92 Å². The molecule has 0 aromatic carbocycles. The molecule has 0 aromatic heterocycles. The Labute approximate surface area is 77.8 Å². The van der Waals surface area contributed by atoms with E-state index in [-0.39, 0.29) is 7.43 Å². The molecule has 0 aliphatic carbocycles. The average Bonchev–Trinajstić information content (AvgIpc) is 1.82. The van der Waals surface area contributed by atoms with Gasteiger partial charge in [0.15, 0.2) is 0 Å². The van der Waals surface area contributed by atoms with Gasteiger partial charge < -0.3 is 0 Å². The van der Waals surface area contributed by atoms with Crippen LogP contribution in [0.1, 0.15) is 28.2 Å². The quantitative estimate of drug-likeness (QED) is 0.526. The number of nitrogens with zero attached hydrogens (tertiary/aromatic N) is 1. The summed E-state index contributed by atoms with van der Waals surface area (Å²) < 4.78 is 1.30. The molecule has 0 saturated carbocycles. The molecule has 0 fully saturated rings. The number of hydrogen-bond acceptors (Lipinski definition) is 1. The van der Waals surface area contributed by atoms with Crippen molar-refractivity contribution in [2.75, 3.05) is 0 Å². The maximum Gasteiger partial charge on any atom is 0.0359 e. The third kappa shape index (κ3) is 6.26. The summed E-state index contributed by atoms with van der Waals surface area (Å²) in [6, 6.07) is 0. The van der Waals surface area contributed by atoms with Gasteiger partial charge in [0.25, 0.3) is 0 Å². The van der Waals surface area contributed by atoms with Crippen molar-refractivity contribution in [2.24, 2.45) is 10.9 Å². The average molecular weight is 253 g/mol. The fourth-order valence-corrected chi connectivity index (χ4v) is 0.456. The highest BCUT2D eigenvalue weighted by Crippen LogP contribution is 2.16. The Morgan fingerprint density at radius 1 is 1.50 bits per heavy atom. The van der Waals surface area contributed by atoms with E-state index in [1.54, 1.807) is 6.21 Å². The first kappa shape index (κ1) is 12.8. The SMILES string of the molecule is C.CC=N/C=C(\I)C(C)C. The van der Waals surface area contributed by atoms with Crippen molar-refractivity contribution < 1.29 is 0 Å². The summed E-state index contributed by atoms with van der Waals surface area (Å²) in [6.45, 7) is 6.23. The topological polar surface area (TPSA) is 12.4 Å². The Morgan fingerprint density at radius 2 is 2.00 bits per heavy atom. The standard InChI is InChI=1S/C7H12IN.CH4/c1-4-9-5-7(8)6(2)3;/h4-6H,1-3H3;1H4/b7-5-,9-4?;. The van der Waals surface area contributed by atoms with Crippen LogP contribution < -0.4 is 0 Å². The highest BCUT2D eigenvalue weighted by molar-refractivity contribution is 14.1. The van der Waals surface area contributed by atoms with E-state index in [1.165, 1.54) is 3.58 Å². The molecule has 0 N–H and O–H groups in total. The molecule has 0 amide bonds. The molecule has 0 spiro atoms. The van der Waals surface area contributed by atoms with E-state index < -0.39 is 0 Å². The van der Waals surface area contributed by atoms with Crippen molar-refractivity contribution in [2.45, 2.75) is 28.2 Å². The number of allylic oxidation sites excluding steroid dienone is 1. The maximum absolute atomic E-state index is 4.00. The first-order valence-electron chi connectivity index (χ1n) is 3.01. The van der Waals surface area contributed by atoms with Crippen LogP contribution in [0.5, 0.6) is 0 Å². The molecule has 0 radical (unpaired) electrons. The molecular weight excluding hydrogens is 237 g/mol. The molecule has 0 rings (SSSR count). The van der Waals surface area contributed by atoms with Crippen molar-refractivity contribution in [3.8, 4) is 0 Å². The van der Waals surface area contributed by atoms with Gasteiger partial charge in [-0.15, -0.1) is 0 Å².